The summed E-state index contributed by atoms with van der Waals surface area (Å²) >= 11 is 0. The van der Waals surface area contributed by atoms with E-state index in [1.54, 1.807) is 18.2 Å². The molecule has 0 bridgehead atoms. The highest BCUT2D eigenvalue weighted by Crippen LogP contribution is 2.28. The van der Waals surface area contributed by atoms with Gasteiger partial charge in [0.05, 0.1) is 11.1 Å². The molecule has 3 N–H and O–H groups in total. The predicted molar refractivity (Wildman–Crippen MR) is 170 cm³/mol. The van der Waals surface area contributed by atoms with Crippen molar-refractivity contribution in [2.45, 2.75) is 44.2 Å². The molecule has 2 saturated heterocycles. The molecule has 236 valence electrons. The molecule has 0 saturated carbocycles. The van der Waals surface area contributed by atoms with Gasteiger partial charge >= 0.3 is 0 Å². The Labute approximate surface area is 260 Å². The number of piperidine rings is 1. The average molecular weight is 617 g/mol. The van der Waals surface area contributed by atoms with Crippen molar-refractivity contribution in [3.05, 3.63) is 88.5 Å². The van der Waals surface area contributed by atoms with Crippen LogP contribution in [0.25, 0.3) is 10.9 Å². The lowest BCUT2D eigenvalue weighted by Gasteiger charge is -2.35. The highest BCUT2D eigenvalue weighted by molar-refractivity contribution is 6.11. The van der Waals surface area contributed by atoms with E-state index in [4.69, 9.17) is 4.74 Å². The third-order valence-corrected chi connectivity index (χ3v) is 8.76. The van der Waals surface area contributed by atoms with E-state index in [-0.39, 0.29) is 17.9 Å². The largest absolute Gasteiger partial charge is 0.381 e. The zero-order chi connectivity index (χ0) is 31.5. The number of rotatable bonds is 8. The Kier molecular flexibility index (Phi) is 9.09. The maximum Gasteiger partial charge on any atom is 0.258 e. The number of nitrogens with zero attached hydrogens (tertiary/aromatic N) is 3. The first-order valence-corrected chi connectivity index (χ1v) is 15.4. The Bertz CT molecular complexity index is 1670. The standard InChI is InChI=1S/C34H38F2N6O3/c1-41(2)27-7-11-42(12-8-27)34(44)23-4-5-28(31(19-23)37-26-9-13-45-14-10-26)33(43)38-32-29-18-21(3-6-30(29)39-40-32)15-22-16-24(35)20-25(36)17-22/h3-6,16-20,26-27,37H,7-15H2,1-2H3,(H2,38,39,40,43). The van der Waals surface area contributed by atoms with E-state index in [0.29, 0.717) is 77.9 Å². The first kappa shape index (κ1) is 30.7. The molecular formula is C34H38F2N6O3. The van der Waals surface area contributed by atoms with Crippen molar-refractivity contribution in [1.82, 2.24) is 20.0 Å². The van der Waals surface area contributed by atoms with E-state index >= 15 is 0 Å². The Morgan fingerprint density at radius 3 is 2.40 bits per heavy atom. The molecule has 2 fully saturated rings. The van der Waals surface area contributed by atoms with E-state index in [9.17, 15) is 18.4 Å². The van der Waals surface area contributed by atoms with Gasteiger partial charge in [0.15, 0.2) is 5.82 Å². The predicted octanol–water partition coefficient (Wildman–Crippen LogP) is 5.44. The Morgan fingerprint density at radius 2 is 1.69 bits per heavy atom. The number of fused-ring (bicyclic) bond motifs is 1. The first-order valence-electron chi connectivity index (χ1n) is 15.4. The number of ether oxygens (including phenoxy) is 1. The number of nitrogens with one attached hydrogen (secondary N) is 3. The summed E-state index contributed by atoms with van der Waals surface area (Å²) in [5.41, 5.74) is 3.53. The smallest absolute Gasteiger partial charge is 0.258 e. The molecule has 11 heteroatoms. The number of aromatic nitrogens is 2. The summed E-state index contributed by atoms with van der Waals surface area (Å²) in [4.78, 5) is 31.3. The fourth-order valence-electron chi connectivity index (χ4n) is 6.21. The van der Waals surface area contributed by atoms with Crippen molar-refractivity contribution < 1.29 is 23.1 Å². The average Bonchev–Trinajstić information content (AvgIpc) is 3.42. The summed E-state index contributed by atoms with van der Waals surface area (Å²) in [6.45, 7) is 2.63. The van der Waals surface area contributed by atoms with Gasteiger partial charge in [-0.3, -0.25) is 14.7 Å². The highest BCUT2D eigenvalue weighted by atomic mass is 19.1. The lowest BCUT2D eigenvalue weighted by Crippen LogP contribution is -2.44. The van der Waals surface area contributed by atoms with Gasteiger partial charge in [0.2, 0.25) is 0 Å². The molecule has 4 aromatic rings. The molecule has 2 aliphatic rings. The third-order valence-electron chi connectivity index (χ3n) is 8.76. The minimum absolute atomic E-state index is 0.0433. The summed E-state index contributed by atoms with van der Waals surface area (Å²) in [6.07, 6.45) is 3.74. The van der Waals surface area contributed by atoms with Gasteiger partial charge in [0.25, 0.3) is 11.8 Å². The molecule has 9 nitrogen and oxygen atoms in total. The quantitative estimate of drug-likeness (QED) is 0.244. The molecule has 2 amide bonds. The minimum atomic E-state index is -0.630. The molecule has 1 aromatic heterocycles. The van der Waals surface area contributed by atoms with Crippen LogP contribution in [0.2, 0.25) is 0 Å². The number of amides is 2. The van der Waals surface area contributed by atoms with Crippen LogP contribution in [0.15, 0.2) is 54.6 Å². The fraction of sp³-hybridized carbons (Fsp3) is 0.382. The monoisotopic (exact) mass is 616 g/mol. The van der Waals surface area contributed by atoms with Crippen molar-refractivity contribution in [2.75, 3.05) is 51.0 Å². The summed E-state index contributed by atoms with van der Waals surface area (Å²) in [7, 11) is 4.14. The number of carbonyl (C=O) groups excluding carboxylic acids is 2. The van der Waals surface area contributed by atoms with Crippen LogP contribution in [0.3, 0.4) is 0 Å². The second-order valence-electron chi connectivity index (χ2n) is 12.1. The fourth-order valence-corrected chi connectivity index (χ4v) is 6.21. The lowest BCUT2D eigenvalue weighted by molar-refractivity contribution is 0.0663. The van der Waals surface area contributed by atoms with Crippen molar-refractivity contribution in [3.8, 4) is 0 Å². The Hall–Kier alpha value is -4.35. The van der Waals surface area contributed by atoms with E-state index in [1.807, 2.05) is 23.1 Å². The van der Waals surface area contributed by atoms with Crippen LogP contribution >= 0.6 is 0 Å². The summed E-state index contributed by atoms with van der Waals surface area (Å²) in [5, 5.41) is 14.4. The van der Waals surface area contributed by atoms with Gasteiger partial charge in [0, 0.05) is 61.1 Å². The van der Waals surface area contributed by atoms with Crippen molar-refractivity contribution in [1.29, 1.82) is 0 Å². The van der Waals surface area contributed by atoms with Crippen LogP contribution in [0.4, 0.5) is 20.3 Å². The summed E-state index contributed by atoms with van der Waals surface area (Å²) in [6, 6.07) is 14.7. The molecule has 0 unspecified atom stereocenters. The first-order chi connectivity index (χ1) is 21.7. The zero-order valence-corrected chi connectivity index (χ0v) is 25.5. The normalized spacial score (nSPS) is 16.3. The maximum absolute atomic E-state index is 13.8. The van der Waals surface area contributed by atoms with Crippen molar-refractivity contribution >= 4 is 34.2 Å². The molecule has 6 rings (SSSR count). The van der Waals surface area contributed by atoms with Gasteiger partial charge in [0.1, 0.15) is 11.6 Å². The van der Waals surface area contributed by atoms with Crippen LogP contribution in [0.5, 0.6) is 0 Å². The van der Waals surface area contributed by atoms with Crippen LogP contribution < -0.4 is 10.6 Å². The second kappa shape index (κ2) is 13.3. The molecule has 3 heterocycles. The number of carbonyl (C=O) groups is 2. The van der Waals surface area contributed by atoms with Gasteiger partial charge in [-0.15, -0.1) is 0 Å². The third kappa shape index (κ3) is 7.15. The zero-order valence-electron chi connectivity index (χ0n) is 25.5. The number of H-pyrrole nitrogens is 1. The molecule has 3 aromatic carbocycles. The number of hydrogen-bond donors (Lipinski definition) is 3. The van der Waals surface area contributed by atoms with E-state index in [2.05, 4.69) is 39.8 Å². The van der Waals surface area contributed by atoms with Gasteiger partial charge < -0.3 is 25.2 Å². The van der Waals surface area contributed by atoms with Gasteiger partial charge in [-0.25, -0.2) is 8.78 Å². The van der Waals surface area contributed by atoms with E-state index in [1.165, 1.54) is 12.1 Å². The van der Waals surface area contributed by atoms with E-state index in [0.717, 1.165) is 37.3 Å². The topological polar surface area (TPSA) is 103 Å². The van der Waals surface area contributed by atoms with Crippen molar-refractivity contribution in [2.24, 2.45) is 0 Å². The van der Waals surface area contributed by atoms with Gasteiger partial charge in [-0.05, 0) is 99.8 Å². The maximum atomic E-state index is 13.8. The van der Waals surface area contributed by atoms with Crippen LogP contribution in [0.1, 0.15) is 57.5 Å². The summed E-state index contributed by atoms with van der Waals surface area (Å²) in [5.74, 6) is -1.34. The van der Waals surface area contributed by atoms with Gasteiger partial charge in [-0.1, -0.05) is 6.07 Å². The van der Waals surface area contributed by atoms with Crippen LogP contribution in [-0.4, -0.2) is 84.3 Å². The number of anilines is 2. The molecule has 0 aliphatic carbocycles. The van der Waals surface area contributed by atoms with Crippen molar-refractivity contribution in [3.63, 3.8) is 0 Å². The minimum Gasteiger partial charge on any atom is -0.381 e. The highest BCUT2D eigenvalue weighted by Gasteiger charge is 2.26. The molecule has 2 aliphatic heterocycles. The molecule has 45 heavy (non-hydrogen) atoms. The number of benzene rings is 3. The van der Waals surface area contributed by atoms with Crippen LogP contribution in [0, 0.1) is 11.6 Å². The molecule has 0 atom stereocenters. The number of hydrogen-bond acceptors (Lipinski definition) is 6. The van der Waals surface area contributed by atoms with Crippen LogP contribution in [-0.2, 0) is 11.2 Å². The number of likely N-dealkylation sites (tertiary alicyclic amines) is 1. The lowest BCUT2D eigenvalue weighted by atomic mass is 10.0. The molecular weight excluding hydrogens is 578 g/mol. The van der Waals surface area contributed by atoms with E-state index < -0.39 is 11.6 Å². The number of aromatic amines is 1. The molecule has 0 radical (unpaired) electrons. The molecule has 0 spiro atoms. The second-order valence-corrected chi connectivity index (χ2v) is 12.1. The summed E-state index contributed by atoms with van der Waals surface area (Å²) < 4.78 is 33.0. The Balaban J connectivity index is 1.24. The SMILES string of the molecule is CN(C)C1CCN(C(=O)c2ccc(C(=O)Nc3n[nH]c4ccc(Cc5cc(F)cc(F)c5)cc34)c(NC3CCOCC3)c2)CC1. The number of halogens is 2. The van der Waals surface area contributed by atoms with Gasteiger partial charge in [-0.2, -0.15) is 5.10 Å². The Morgan fingerprint density at radius 1 is 0.956 bits per heavy atom.